The number of nitrogens with one attached hydrogen (secondary N) is 1. The maximum atomic E-state index is 13.7. The zero-order chi connectivity index (χ0) is 17.8. The fraction of sp³-hybridized carbons (Fsp3) is 0.263. The second-order valence-corrected chi connectivity index (χ2v) is 5.99. The number of amides is 1. The quantitative estimate of drug-likeness (QED) is 0.932. The molecule has 128 valence electrons. The number of nitriles is 1. The summed E-state index contributed by atoms with van der Waals surface area (Å²) in [7, 11) is 0. The summed E-state index contributed by atoms with van der Waals surface area (Å²) in [5.41, 5.74) is 1.06. The minimum Gasteiger partial charge on any atom is -0.370 e. The predicted octanol–water partition coefficient (Wildman–Crippen LogP) is 3.24. The molecular formula is C19H17F2N3O. The first-order chi connectivity index (χ1) is 12.1. The summed E-state index contributed by atoms with van der Waals surface area (Å²) in [5, 5.41) is 12.1. The molecule has 2 aromatic rings. The van der Waals surface area contributed by atoms with Crippen LogP contribution in [0.3, 0.4) is 0 Å². The average molecular weight is 341 g/mol. The van der Waals surface area contributed by atoms with Gasteiger partial charge in [-0.3, -0.25) is 4.79 Å². The van der Waals surface area contributed by atoms with E-state index in [9.17, 15) is 13.6 Å². The molecule has 3 rings (SSSR count). The Bertz CT molecular complexity index is 806. The fourth-order valence-corrected chi connectivity index (χ4v) is 3.02. The van der Waals surface area contributed by atoms with Crippen LogP contribution >= 0.6 is 0 Å². The van der Waals surface area contributed by atoms with Gasteiger partial charge in [-0.1, -0.05) is 6.07 Å². The number of carbonyl (C=O) groups is 1. The monoisotopic (exact) mass is 341 g/mol. The van der Waals surface area contributed by atoms with Gasteiger partial charge in [0.05, 0.1) is 5.69 Å². The van der Waals surface area contributed by atoms with Crippen molar-refractivity contribution in [3.63, 3.8) is 0 Å². The van der Waals surface area contributed by atoms with E-state index in [0.29, 0.717) is 37.2 Å². The Labute approximate surface area is 144 Å². The Morgan fingerprint density at radius 1 is 1.12 bits per heavy atom. The molecule has 0 unspecified atom stereocenters. The van der Waals surface area contributed by atoms with Gasteiger partial charge in [0.15, 0.2) is 0 Å². The molecule has 1 amide bonds. The normalized spacial score (nSPS) is 14.8. The molecule has 0 atom stereocenters. The van der Waals surface area contributed by atoms with E-state index in [1.54, 1.807) is 12.1 Å². The Balaban J connectivity index is 1.61. The van der Waals surface area contributed by atoms with Crippen LogP contribution in [0.5, 0.6) is 0 Å². The van der Waals surface area contributed by atoms with Crippen molar-refractivity contribution >= 4 is 11.6 Å². The van der Waals surface area contributed by atoms with Crippen LogP contribution in [0.4, 0.5) is 14.5 Å². The summed E-state index contributed by atoms with van der Waals surface area (Å²) in [6.45, 7) is 1.24. The number of hydrogen-bond donors (Lipinski definition) is 1. The second kappa shape index (κ2) is 7.31. The first-order valence-electron chi connectivity index (χ1n) is 8.08. The third kappa shape index (κ3) is 3.77. The van der Waals surface area contributed by atoms with Gasteiger partial charge in [-0.05, 0) is 49.2 Å². The zero-order valence-corrected chi connectivity index (χ0v) is 13.5. The maximum Gasteiger partial charge on any atom is 0.251 e. The number of rotatable bonds is 3. The fourth-order valence-electron chi connectivity index (χ4n) is 3.02. The van der Waals surface area contributed by atoms with Crippen LogP contribution in [0.15, 0.2) is 42.5 Å². The zero-order valence-electron chi connectivity index (χ0n) is 13.5. The lowest BCUT2D eigenvalue weighted by Crippen LogP contribution is -2.45. The van der Waals surface area contributed by atoms with Gasteiger partial charge in [-0.25, -0.2) is 8.78 Å². The molecule has 0 aromatic heterocycles. The van der Waals surface area contributed by atoms with Crippen molar-refractivity contribution in [3.05, 3.63) is 65.2 Å². The Morgan fingerprint density at radius 2 is 1.80 bits per heavy atom. The molecule has 4 nitrogen and oxygen atoms in total. The Morgan fingerprint density at radius 3 is 2.44 bits per heavy atom. The van der Waals surface area contributed by atoms with Crippen LogP contribution in [0.25, 0.3) is 0 Å². The largest absolute Gasteiger partial charge is 0.370 e. The number of piperidine rings is 1. The van der Waals surface area contributed by atoms with Gasteiger partial charge < -0.3 is 10.2 Å². The minimum atomic E-state index is -0.522. The Hall–Kier alpha value is -2.94. The van der Waals surface area contributed by atoms with Gasteiger partial charge in [-0.2, -0.15) is 5.26 Å². The van der Waals surface area contributed by atoms with Crippen LogP contribution in [0, 0.1) is 23.0 Å². The molecule has 1 fully saturated rings. The van der Waals surface area contributed by atoms with E-state index in [1.165, 1.54) is 30.3 Å². The smallest absolute Gasteiger partial charge is 0.251 e. The summed E-state index contributed by atoms with van der Waals surface area (Å²) in [6, 6.07) is 11.9. The second-order valence-electron chi connectivity index (χ2n) is 5.99. The molecule has 1 aliphatic rings. The lowest BCUT2D eigenvalue weighted by atomic mass is 10.0. The SMILES string of the molecule is N#Cc1c(F)cccc1N1CCC(NC(=O)c2ccc(F)cc2)CC1. The van der Waals surface area contributed by atoms with Crippen LogP contribution in [-0.4, -0.2) is 25.0 Å². The van der Waals surface area contributed by atoms with E-state index in [-0.39, 0.29) is 23.3 Å². The highest BCUT2D eigenvalue weighted by Gasteiger charge is 2.23. The molecule has 25 heavy (non-hydrogen) atoms. The highest BCUT2D eigenvalue weighted by Crippen LogP contribution is 2.25. The summed E-state index contributed by atoms with van der Waals surface area (Å²) in [6.07, 6.45) is 1.38. The van der Waals surface area contributed by atoms with Crippen LogP contribution < -0.4 is 10.2 Å². The van der Waals surface area contributed by atoms with Crippen molar-refractivity contribution in [2.75, 3.05) is 18.0 Å². The topological polar surface area (TPSA) is 56.1 Å². The lowest BCUT2D eigenvalue weighted by Gasteiger charge is -2.34. The van der Waals surface area contributed by atoms with E-state index < -0.39 is 5.82 Å². The standard InChI is InChI=1S/C19H17F2N3O/c20-14-6-4-13(5-7-14)19(25)23-15-8-10-24(11-9-15)18-3-1-2-17(21)16(18)12-22/h1-7,15H,8-11H2,(H,23,25). The van der Waals surface area contributed by atoms with Crippen molar-refractivity contribution < 1.29 is 13.6 Å². The molecule has 1 saturated heterocycles. The third-order valence-electron chi connectivity index (χ3n) is 4.38. The molecular weight excluding hydrogens is 324 g/mol. The van der Waals surface area contributed by atoms with Gasteiger partial charge in [0.1, 0.15) is 23.3 Å². The van der Waals surface area contributed by atoms with E-state index >= 15 is 0 Å². The molecule has 0 radical (unpaired) electrons. The molecule has 1 heterocycles. The first kappa shape index (κ1) is 16.9. The molecule has 1 aliphatic heterocycles. The van der Waals surface area contributed by atoms with Crippen molar-refractivity contribution in [1.82, 2.24) is 5.32 Å². The molecule has 0 bridgehead atoms. The number of benzene rings is 2. The van der Waals surface area contributed by atoms with Gasteiger partial charge >= 0.3 is 0 Å². The third-order valence-corrected chi connectivity index (χ3v) is 4.38. The number of carbonyl (C=O) groups excluding carboxylic acids is 1. The molecule has 0 saturated carbocycles. The van der Waals surface area contributed by atoms with Gasteiger partial charge in [0.25, 0.3) is 5.91 Å². The number of halogens is 2. The highest BCUT2D eigenvalue weighted by atomic mass is 19.1. The van der Waals surface area contributed by atoms with Gasteiger partial charge in [0, 0.05) is 24.7 Å². The minimum absolute atomic E-state index is 0.00658. The van der Waals surface area contributed by atoms with Crippen LogP contribution in [0.2, 0.25) is 0 Å². The molecule has 0 spiro atoms. The van der Waals surface area contributed by atoms with Gasteiger partial charge in [-0.15, -0.1) is 0 Å². The summed E-state index contributed by atoms with van der Waals surface area (Å²) >= 11 is 0. The van der Waals surface area contributed by atoms with Gasteiger partial charge in [0.2, 0.25) is 0 Å². The van der Waals surface area contributed by atoms with E-state index in [0.717, 1.165) is 0 Å². The van der Waals surface area contributed by atoms with Crippen molar-refractivity contribution in [2.24, 2.45) is 0 Å². The number of nitrogens with zero attached hydrogens (tertiary/aromatic N) is 2. The molecule has 0 aliphatic carbocycles. The lowest BCUT2D eigenvalue weighted by molar-refractivity contribution is 0.0931. The van der Waals surface area contributed by atoms with E-state index in [2.05, 4.69) is 5.32 Å². The van der Waals surface area contributed by atoms with Crippen LogP contribution in [0.1, 0.15) is 28.8 Å². The van der Waals surface area contributed by atoms with E-state index in [1.807, 2.05) is 11.0 Å². The van der Waals surface area contributed by atoms with Crippen molar-refractivity contribution in [2.45, 2.75) is 18.9 Å². The molecule has 6 heteroatoms. The first-order valence-corrected chi connectivity index (χ1v) is 8.08. The summed E-state index contributed by atoms with van der Waals surface area (Å²) in [4.78, 5) is 14.1. The van der Waals surface area contributed by atoms with Crippen LogP contribution in [-0.2, 0) is 0 Å². The Kier molecular flexibility index (Phi) is 4.94. The number of anilines is 1. The summed E-state index contributed by atoms with van der Waals surface area (Å²) < 4.78 is 26.7. The summed E-state index contributed by atoms with van der Waals surface area (Å²) in [5.74, 6) is -1.14. The van der Waals surface area contributed by atoms with Crippen molar-refractivity contribution in [3.8, 4) is 6.07 Å². The molecule has 2 aromatic carbocycles. The van der Waals surface area contributed by atoms with E-state index in [4.69, 9.17) is 5.26 Å². The van der Waals surface area contributed by atoms with Crippen molar-refractivity contribution in [1.29, 1.82) is 5.26 Å². The average Bonchev–Trinajstić information content (AvgIpc) is 2.62. The molecule has 1 N–H and O–H groups in total. The number of hydrogen-bond acceptors (Lipinski definition) is 3. The highest BCUT2D eigenvalue weighted by molar-refractivity contribution is 5.94. The maximum absolute atomic E-state index is 13.7. The predicted molar refractivity (Wildman–Crippen MR) is 90.2 cm³/mol.